The van der Waals surface area contributed by atoms with E-state index < -0.39 is 38.6 Å². The van der Waals surface area contributed by atoms with Crippen LogP contribution in [0.2, 0.25) is 0 Å². The lowest BCUT2D eigenvalue weighted by Crippen LogP contribution is -2.29. The van der Waals surface area contributed by atoms with Crippen molar-refractivity contribution in [3.05, 3.63) is 97.2 Å². The summed E-state index contributed by atoms with van der Waals surface area (Å²) in [5.74, 6) is -1.08. The summed E-state index contributed by atoms with van der Waals surface area (Å²) in [7, 11) is -4.44. The summed E-state index contributed by atoms with van der Waals surface area (Å²) in [6, 6.07) is 0. The molecule has 330 valence electrons. The minimum Gasteiger partial charge on any atom is -0.462 e. The van der Waals surface area contributed by atoms with Crippen LogP contribution in [0.1, 0.15) is 149 Å². The summed E-state index contributed by atoms with van der Waals surface area (Å²) >= 11 is 0. The summed E-state index contributed by atoms with van der Waals surface area (Å²) in [6.07, 6.45) is 50.4. The Labute approximate surface area is 351 Å². The minimum absolute atomic E-state index is 0.0166. The number of carbonyl (C=O) groups is 2. The fraction of sp³-hybridized carbons (Fsp3) is 0.617. The van der Waals surface area contributed by atoms with Gasteiger partial charge in [-0.2, -0.15) is 0 Å². The molecule has 0 radical (unpaired) electrons. The third-order valence-electron chi connectivity index (χ3n) is 8.55. The van der Waals surface area contributed by atoms with Crippen molar-refractivity contribution >= 4 is 19.8 Å². The molecule has 0 amide bonds. The maximum atomic E-state index is 12.6. The average Bonchev–Trinajstić information content (AvgIpc) is 3.20. The Morgan fingerprint density at radius 3 is 1.64 bits per heavy atom. The fourth-order valence-electron chi connectivity index (χ4n) is 5.25. The van der Waals surface area contributed by atoms with E-state index in [1.165, 1.54) is 44.9 Å². The lowest BCUT2D eigenvalue weighted by molar-refractivity contribution is -0.161. The standard InChI is InChI=1S/C47H78NO9P/c1-3-5-7-9-11-13-15-17-18-19-20-21-22-24-26-28-30-32-34-38-47(51)57-45(43-56-58(52,53)55-41-40-48)42-54-46(50)39-35-37-44(49)36-33-31-29-27-25-23-16-14-12-10-8-6-4-2/h11-14,17-18,20-21,23-26,29,31,33,36,44-45,49H,3-10,15-16,19,22,27-28,30,32,34-35,37-43,48H2,1-2H3,(H,52,53)/b13-11-,14-12-,18-17-,21-20-,25-23-,26-24-,31-29-,36-33+/t44-,45-/m1/s1. The van der Waals surface area contributed by atoms with Crippen LogP contribution in [-0.2, 0) is 32.7 Å². The van der Waals surface area contributed by atoms with Gasteiger partial charge in [0.05, 0.1) is 19.3 Å². The van der Waals surface area contributed by atoms with Gasteiger partial charge in [0.2, 0.25) is 0 Å². The molecule has 0 heterocycles. The van der Waals surface area contributed by atoms with Crippen LogP contribution in [0.25, 0.3) is 0 Å². The van der Waals surface area contributed by atoms with E-state index in [1.807, 2.05) is 12.2 Å². The van der Waals surface area contributed by atoms with Crippen LogP contribution in [0.15, 0.2) is 97.2 Å². The number of allylic oxidation sites excluding steroid dienone is 15. The molecule has 1 unspecified atom stereocenters. The Morgan fingerprint density at radius 1 is 0.603 bits per heavy atom. The van der Waals surface area contributed by atoms with Crippen LogP contribution < -0.4 is 5.73 Å². The SMILES string of the molecule is CCCCC/C=C\C/C=C\C/C=C\C=C\[C@@H](O)CCCC(=O)OC[C@H](COP(=O)(O)OCCN)OC(=O)CCCCC/C=C\C/C=C\C/C=C\C/C=C\CCCCC. The molecule has 0 aromatic rings. The van der Waals surface area contributed by atoms with Crippen molar-refractivity contribution < 1.29 is 42.7 Å². The third kappa shape index (κ3) is 41.1. The molecule has 0 aliphatic heterocycles. The molecule has 0 fully saturated rings. The van der Waals surface area contributed by atoms with E-state index in [2.05, 4.69) is 86.8 Å². The highest BCUT2D eigenvalue weighted by atomic mass is 31.2. The lowest BCUT2D eigenvalue weighted by Gasteiger charge is -2.20. The second kappa shape index (κ2) is 42.0. The lowest BCUT2D eigenvalue weighted by atomic mass is 10.1. The van der Waals surface area contributed by atoms with Crippen LogP contribution in [0, 0.1) is 0 Å². The summed E-state index contributed by atoms with van der Waals surface area (Å²) in [5, 5.41) is 10.2. The molecule has 11 heteroatoms. The van der Waals surface area contributed by atoms with E-state index in [0.717, 1.165) is 57.8 Å². The second-order valence-electron chi connectivity index (χ2n) is 14.1. The number of ether oxygens (including phenoxy) is 2. The number of unbranched alkanes of at least 4 members (excludes halogenated alkanes) is 9. The Morgan fingerprint density at radius 2 is 1.10 bits per heavy atom. The van der Waals surface area contributed by atoms with Crippen molar-refractivity contribution in [2.45, 2.75) is 161 Å². The first-order valence-electron chi connectivity index (χ1n) is 21.8. The van der Waals surface area contributed by atoms with Crippen molar-refractivity contribution in [2.24, 2.45) is 5.73 Å². The normalized spacial score (nSPS) is 14.8. The molecule has 0 spiro atoms. The Bertz CT molecular complexity index is 1280. The molecule has 0 aromatic heterocycles. The van der Waals surface area contributed by atoms with Gasteiger partial charge in [0.25, 0.3) is 0 Å². The van der Waals surface area contributed by atoms with E-state index in [0.29, 0.717) is 19.3 Å². The monoisotopic (exact) mass is 832 g/mol. The molecule has 0 aliphatic carbocycles. The van der Waals surface area contributed by atoms with E-state index >= 15 is 0 Å². The van der Waals surface area contributed by atoms with Gasteiger partial charge in [-0.05, 0) is 89.9 Å². The molecule has 3 atom stereocenters. The van der Waals surface area contributed by atoms with E-state index in [9.17, 15) is 24.2 Å². The van der Waals surface area contributed by atoms with Gasteiger partial charge in [-0.15, -0.1) is 0 Å². The van der Waals surface area contributed by atoms with Gasteiger partial charge in [0.1, 0.15) is 6.61 Å². The summed E-state index contributed by atoms with van der Waals surface area (Å²) < 4.78 is 32.6. The topological polar surface area (TPSA) is 155 Å². The number of rotatable bonds is 39. The first-order valence-corrected chi connectivity index (χ1v) is 23.3. The predicted octanol–water partition coefficient (Wildman–Crippen LogP) is 11.6. The van der Waals surface area contributed by atoms with Crippen LogP contribution >= 0.6 is 7.82 Å². The van der Waals surface area contributed by atoms with Crippen LogP contribution in [-0.4, -0.2) is 60.5 Å². The number of phosphoric acid groups is 1. The van der Waals surface area contributed by atoms with Gasteiger partial charge in [-0.3, -0.25) is 18.6 Å². The van der Waals surface area contributed by atoms with Crippen LogP contribution in [0.3, 0.4) is 0 Å². The van der Waals surface area contributed by atoms with Gasteiger partial charge < -0.3 is 25.2 Å². The average molecular weight is 832 g/mol. The summed E-state index contributed by atoms with van der Waals surface area (Å²) in [5.41, 5.74) is 5.33. The summed E-state index contributed by atoms with van der Waals surface area (Å²) in [4.78, 5) is 34.9. The van der Waals surface area contributed by atoms with Gasteiger partial charge in [0, 0.05) is 19.4 Å². The number of phosphoric ester groups is 1. The molecule has 58 heavy (non-hydrogen) atoms. The quantitative estimate of drug-likeness (QED) is 0.0179. The maximum absolute atomic E-state index is 12.6. The number of carbonyl (C=O) groups excluding carboxylic acids is 2. The highest BCUT2D eigenvalue weighted by Crippen LogP contribution is 2.43. The molecule has 0 saturated carbocycles. The maximum Gasteiger partial charge on any atom is 0.472 e. The highest BCUT2D eigenvalue weighted by Gasteiger charge is 2.26. The number of aliphatic hydroxyl groups excluding tert-OH is 1. The first kappa shape index (κ1) is 54.9. The van der Waals surface area contributed by atoms with Gasteiger partial charge in [0.15, 0.2) is 6.10 Å². The molecule has 0 aliphatic rings. The highest BCUT2D eigenvalue weighted by molar-refractivity contribution is 7.47. The molecular weight excluding hydrogens is 753 g/mol. The first-order chi connectivity index (χ1) is 28.2. The number of esters is 2. The van der Waals surface area contributed by atoms with Crippen molar-refractivity contribution in [2.75, 3.05) is 26.4 Å². The zero-order chi connectivity index (χ0) is 42.6. The molecular formula is C47H78NO9P. The molecule has 10 nitrogen and oxygen atoms in total. The Hall–Kier alpha value is -3.11. The van der Waals surface area contributed by atoms with Crippen molar-refractivity contribution in [3.63, 3.8) is 0 Å². The summed E-state index contributed by atoms with van der Waals surface area (Å²) in [6.45, 7) is 3.39. The van der Waals surface area contributed by atoms with Crippen molar-refractivity contribution in [1.82, 2.24) is 0 Å². The van der Waals surface area contributed by atoms with Gasteiger partial charge in [-0.1, -0.05) is 143 Å². The molecule has 0 bridgehead atoms. The second-order valence-corrected chi connectivity index (χ2v) is 15.5. The Balaban J connectivity index is 4.43. The fourth-order valence-corrected chi connectivity index (χ4v) is 6.01. The zero-order valence-electron chi connectivity index (χ0n) is 35.8. The molecule has 0 aromatic carbocycles. The van der Waals surface area contributed by atoms with Crippen LogP contribution in [0.5, 0.6) is 0 Å². The largest absolute Gasteiger partial charge is 0.472 e. The van der Waals surface area contributed by atoms with E-state index in [1.54, 1.807) is 12.2 Å². The Kier molecular flexibility index (Phi) is 39.8. The number of hydrogen-bond acceptors (Lipinski definition) is 9. The molecule has 4 N–H and O–H groups in total. The van der Waals surface area contributed by atoms with Gasteiger partial charge in [-0.25, -0.2) is 4.57 Å². The molecule has 0 saturated heterocycles. The number of hydrogen-bond donors (Lipinski definition) is 3. The minimum atomic E-state index is -4.44. The number of nitrogens with two attached hydrogens (primary N) is 1. The van der Waals surface area contributed by atoms with Gasteiger partial charge >= 0.3 is 19.8 Å². The third-order valence-corrected chi connectivity index (χ3v) is 9.53. The van der Waals surface area contributed by atoms with Crippen molar-refractivity contribution in [3.8, 4) is 0 Å². The predicted molar refractivity (Wildman–Crippen MR) is 239 cm³/mol. The van der Waals surface area contributed by atoms with Crippen molar-refractivity contribution in [1.29, 1.82) is 0 Å². The smallest absolute Gasteiger partial charge is 0.462 e. The molecule has 0 rings (SSSR count). The zero-order valence-corrected chi connectivity index (χ0v) is 36.7. The van der Waals surface area contributed by atoms with Crippen LogP contribution in [0.4, 0.5) is 0 Å². The van der Waals surface area contributed by atoms with E-state index in [-0.39, 0.29) is 32.6 Å². The number of aliphatic hydroxyl groups is 1. The van der Waals surface area contributed by atoms with E-state index in [4.69, 9.17) is 24.3 Å².